The predicted molar refractivity (Wildman–Crippen MR) is 552 cm³/mol. The number of benzene rings is 21. The van der Waals surface area contributed by atoms with E-state index in [-0.39, 0.29) is 0 Å². The summed E-state index contributed by atoms with van der Waals surface area (Å²) in [5.41, 5.74) is 20.3. The normalized spacial score (nSPS) is 11.6. The third kappa shape index (κ3) is 14.4. The Kier molecular flexibility index (Phi) is 19.6. The highest BCUT2D eigenvalue weighted by molar-refractivity contribution is 6.20. The predicted octanol–water partition coefficient (Wildman–Crippen LogP) is 32.2. The lowest BCUT2D eigenvalue weighted by atomic mass is 9.91. The summed E-state index contributed by atoms with van der Waals surface area (Å²) in [4.78, 5) is 46.4. The number of rotatable bonds is 12. The van der Waals surface area contributed by atoms with Gasteiger partial charge in [-0.05, 0) is 159 Å². The highest BCUT2D eigenvalue weighted by Crippen LogP contribution is 2.47. The van der Waals surface area contributed by atoms with Crippen LogP contribution in [-0.2, 0) is 0 Å². The molecular formula is C123H75N9O3. The van der Waals surface area contributed by atoms with Gasteiger partial charge in [-0.3, -0.25) is 0 Å². The maximum Gasteiger partial charge on any atom is 0.164 e. The summed E-state index contributed by atoms with van der Waals surface area (Å²) in [6, 6.07) is 157. The van der Waals surface area contributed by atoms with Gasteiger partial charge in [0.05, 0.1) is 0 Å². The Morgan fingerprint density at radius 1 is 0.119 bits per heavy atom. The fourth-order valence-electron chi connectivity index (χ4n) is 19.3. The zero-order chi connectivity index (χ0) is 89.2. The molecule has 0 amide bonds. The fraction of sp³-hybridized carbons (Fsp3) is 0. The van der Waals surface area contributed by atoms with Crippen LogP contribution >= 0.6 is 0 Å². The van der Waals surface area contributed by atoms with Crippen molar-refractivity contribution >= 4 is 130 Å². The van der Waals surface area contributed by atoms with Crippen molar-refractivity contribution in [1.82, 2.24) is 44.9 Å². The van der Waals surface area contributed by atoms with Crippen LogP contribution < -0.4 is 0 Å². The van der Waals surface area contributed by atoms with Crippen LogP contribution in [0.2, 0.25) is 0 Å². The molecule has 0 unspecified atom stereocenters. The van der Waals surface area contributed by atoms with Crippen LogP contribution in [0.5, 0.6) is 0 Å². The Bertz CT molecular complexity index is 9120. The van der Waals surface area contributed by atoms with Crippen LogP contribution in [0, 0.1) is 0 Å². The average Bonchev–Trinajstić information content (AvgIpc) is 1.67. The number of para-hydroxylation sites is 3. The minimum atomic E-state index is 0.607. The van der Waals surface area contributed by atoms with Gasteiger partial charge < -0.3 is 13.3 Å². The van der Waals surface area contributed by atoms with E-state index in [0.29, 0.717) is 52.4 Å². The van der Waals surface area contributed by atoms with Crippen LogP contribution in [0.25, 0.3) is 266 Å². The first-order valence-electron chi connectivity index (χ1n) is 45.1. The molecule has 0 atom stereocenters. The first-order chi connectivity index (χ1) is 66.9. The zero-order valence-corrected chi connectivity index (χ0v) is 72.6. The van der Waals surface area contributed by atoms with E-state index < -0.39 is 0 Å². The van der Waals surface area contributed by atoms with Crippen LogP contribution in [0.4, 0.5) is 0 Å². The Morgan fingerprint density at radius 2 is 0.422 bits per heavy atom. The van der Waals surface area contributed by atoms with E-state index in [1.165, 1.54) is 38.2 Å². The van der Waals surface area contributed by atoms with Gasteiger partial charge in [-0.1, -0.05) is 388 Å². The quantitative estimate of drug-likeness (QED) is 0.107. The molecule has 21 aromatic carbocycles. The van der Waals surface area contributed by atoms with E-state index >= 15 is 0 Å². The van der Waals surface area contributed by atoms with Crippen molar-refractivity contribution < 1.29 is 13.3 Å². The highest BCUT2D eigenvalue weighted by atomic mass is 16.3. The van der Waals surface area contributed by atoms with Crippen LogP contribution in [0.1, 0.15) is 0 Å². The number of nitrogens with zero attached hydrogens (tertiary/aromatic N) is 9. The fourth-order valence-corrected chi connectivity index (χ4v) is 19.3. The van der Waals surface area contributed by atoms with E-state index in [2.05, 4.69) is 261 Å². The van der Waals surface area contributed by atoms with Crippen LogP contribution in [0.3, 0.4) is 0 Å². The van der Waals surface area contributed by atoms with Crippen LogP contribution in [-0.4, -0.2) is 44.9 Å². The molecule has 0 saturated heterocycles. The first-order valence-corrected chi connectivity index (χ1v) is 45.1. The van der Waals surface area contributed by atoms with E-state index in [9.17, 15) is 0 Å². The lowest BCUT2D eigenvalue weighted by molar-refractivity contribution is 0.668. The van der Waals surface area contributed by atoms with Gasteiger partial charge >= 0.3 is 0 Å². The molecule has 27 rings (SSSR count). The molecule has 0 spiro atoms. The molecule has 12 heteroatoms. The molecule has 0 N–H and O–H groups in total. The molecular weight excluding hydrogens is 1650 g/mol. The molecule has 12 nitrogen and oxygen atoms in total. The van der Waals surface area contributed by atoms with E-state index in [1.807, 2.05) is 194 Å². The van der Waals surface area contributed by atoms with E-state index in [0.717, 1.165) is 176 Å². The number of hydrogen-bond donors (Lipinski definition) is 0. The SMILES string of the molecule is c1ccc(-c2cc(-c3nc(-c4ccccc4)nc(-c4cccc5oc6ccccc6c45)n3)c3ccc4ccccc4c3c2)cc1.c1ccc(-c2ccc3c(c2)c(-c2nc(-c4ccccc4)nc(-c4cccc5oc6ccccc6c45)n2)cc2ccccc23)cc1.c1ccc(-c2nc(-c3cccc4oc5ccccc5c34)nc(-c3ccc(-c4ccccc4)c4ccc5ccccc5c34)n2)cc1. The van der Waals surface area contributed by atoms with Crippen molar-refractivity contribution in [1.29, 1.82) is 0 Å². The van der Waals surface area contributed by atoms with Crippen molar-refractivity contribution in [3.8, 4) is 136 Å². The van der Waals surface area contributed by atoms with Gasteiger partial charge in [-0.2, -0.15) is 0 Å². The number of furan rings is 3. The molecule has 135 heavy (non-hydrogen) atoms. The number of aromatic nitrogens is 9. The zero-order valence-electron chi connectivity index (χ0n) is 72.6. The maximum atomic E-state index is 6.24. The molecule has 0 saturated carbocycles. The highest BCUT2D eigenvalue weighted by Gasteiger charge is 2.26. The van der Waals surface area contributed by atoms with Gasteiger partial charge in [0.25, 0.3) is 0 Å². The summed E-state index contributed by atoms with van der Waals surface area (Å²) < 4.78 is 18.7. The van der Waals surface area contributed by atoms with Crippen molar-refractivity contribution in [2.45, 2.75) is 0 Å². The van der Waals surface area contributed by atoms with Gasteiger partial charge in [0, 0.05) is 87.8 Å². The Morgan fingerprint density at radius 3 is 0.874 bits per heavy atom. The van der Waals surface area contributed by atoms with Crippen molar-refractivity contribution in [3.63, 3.8) is 0 Å². The van der Waals surface area contributed by atoms with Gasteiger partial charge in [0.2, 0.25) is 0 Å². The Labute approximate surface area is 774 Å². The molecule has 27 aromatic rings. The molecule has 6 heterocycles. The third-order valence-corrected chi connectivity index (χ3v) is 25.6. The van der Waals surface area contributed by atoms with Gasteiger partial charge in [0.15, 0.2) is 52.4 Å². The Balaban J connectivity index is 0.000000108. The van der Waals surface area contributed by atoms with Crippen molar-refractivity contribution in [2.24, 2.45) is 0 Å². The summed E-state index contributed by atoms with van der Waals surface area (Å²) >= 11 is 0. The van der Waals surface area contributed by atoms with Crippen molar-refractivity contribution in [2.75, 3.05) is 0 Å². The molecule has 0 radical (unpaired) electrons. The lowest BCUT2D eigenvalue weighted by Gasteiger charge is -2.15. The number of fused-ring (bicyclic) bond motifs is 18. The smallest absolute Gasteiger partial charge is 0.164 e. The summed E-state index contributed by atoms with van der Waals surface area (Å²) in [7, 11) is 0. The van der Waals surface area contributed by atoms with Crippen molar-refractivity contribution in [3.05, 3.63) is 455 Å². The monoisotopic (exact) mass is 1730 g/mol. The minimum Gasteiger partial charge on any atom is -0.456 e. The van der Waals surface area contributed by atoms with Gasteiger partial charge in [-0.25, -0.2) is 44.9 Å². The summed E-state index contributed by atoms with van der Waals surface area (Å²) in [5.74, 6) is 5.58. The average molecular weight is 1730 g/mol. The first kappa shape index (κ1) is 78.8. The molecule has 0 aliphatic rings. The molecule has 6 aromatic heterocycles. The van der Waals surface area contributed by atoms with Gasteiger partial charge in [0.1, 0.15) is 33.5 Å². The summed E-state index contributed by atoms with van der Waals surface area (Å²) in [6.07, 6.45) is 0. The van der Waals surface area contributed by atoms with E-state index in [4.69, 9.17) is 58.1 Å². The lowest BCUT2D eigenvalue weighted by Crippen LogP contribution is -2.01. The topological polar surface area (TPSA) is 155 Å². The summed E-state index contributed by atoms with van der Waals surface area (Å²) in [5, 5.41) is 20.0. The third-order valence-electron chi connectivity index (χ3n) is 25.6. The minimum absolute atomic E-state index is 0.607. The molecule has 0 aliphatic heterocycles. The standard InChI is InChI=1S/3C41H25N3O/c1-3-12-26(13-4-1)29-24-34-30-17-8-7-14-27(30)22-23-31(34)35(25-29)41-43-39(28-15-5-2-6-16-28)42-40(44-41)33-19-11-21-37-38(33)32-18-9-10-20-36(32)45-37;1-3-12-26(13-4-1)29-24-25-34(37-30-17-8-7-14-27(30)22-23-31(29)37)41-43-39(28-15-5-2-6-16-28)42-40(44-41)33-19-11-21-36-38(33)32-18-9-10-20-35(32)45-36;1-3-12-26(13-4-1)28-22-23-31-30-17-8-7-16-29(30)25-35(34(31)24-28)41-43-39(27-14-5-2-6-15-27)42-40(44-41)33-19-11-21-37-38(33)32-18-9-10-20-36(32)45-37/h3*1-25H. The number of hydrogen-bond acceptors (Lipinski definition) is 12. The Hall–Kier alpha value is -18.4. The van der Waals surface area contributed by atoms with Gasteiger partial charge in [-0.15, -0.1) is 0 Å². The summed E-state index contributed by atoms with van der Waals surface area (Å²) in [6.45, 7) is 0. The van der Waals surface area contributed by atoms with E-state index in [1.54, 1.807) is 0 Å². The maximum absolute atomic E-state index is 6.24. The molecule has 0 bridgehead atoms. The molecule has 630 valence electrons. The molecule has 0 aliphatic carbocycles. The second kappa shape index (κ2) is 33.6. The largest absolute Gasteiger partial charge is 0.456 e. The second-order valence-corrected chi connectivity index (χ2v) is 33.6. The molecule has 0 fully saturated rings. The second-order valence-electron chi connectivity index (χ2n) is 33.6. The van der Waals surface area contributed by atoms with Crippen LogP contribution in [0.15, 0.2) is 468 Å².